The van der Waals surface area contributed by atoms with Crippen molar-refractivity contribution in [2.24, 2.45) is 5.73 Å². The number of carbonyl (C=O) groups excluding carboxylic acids is 1. The average Bonchev–Trinajstić information content (AvgIpc) is 2.61. The lowest BCUT2D eigenvalue weighted by atomic mass is 10.1. The summed E-state index contributed by atoms with van der Waals surface area (Å²) >= 11 is 0. The Labute approximate surface area is 112 Å². The number of primary amides is 1. The summed E-state index contributed by atoms with van der Waals surface area (Å²) in [6.07, 6.45) is 12.0. The van der Waals surface area contributed by atoms with Gasteiger partial charge in [-0.05, 0) is 18.2 Å². The Morgan fingerprint density at radius 2 is 2.06 bits per heavy atom. The number of amides is 2. The molecule has 1 atom stereocenters. The fourth-order valence-electron chi connectivity index (χ4n) is 2.24. The summed E-state index contributed by atoms with van der Waals surface area (Å²) in [6.45, 7) is 0.636. The smallest absolute Gasteiger partial charge is 0.320 e. The molecule has 1 saturated heterocycles. The van der Waals surface area contributed by atoms with E-state index in [0.29, 0.717) is 6.54 Å². The van der Waals surface area contributed by atoms with Gasteiger partial charge in [-0.15, -0.1) is 24.8 Å². The van der Waals surface area contributed by atoms with Crippen LogP contribution in [-0.2, 0) is 0 Å². The Morgan fingerprint density at radius 1 is 1.29 bits per heavy atom. The zero-order valence-electron chi connectivity index (χ0n) is 8.95. The van der Waals surface area contributed by atoms with Gasteiger partial charge in [0, 0.05) is 5.70 Å². The van der Waals surface area contributed by atoms with Crippen LogP contribution in [0.5, 0.6) is 0 Å². The molecule has 3 aliphatic rings. The number of urea groups is 1. The number of nitrogens with zero attached hydrogens (tertiary/aromatic N) is 2. The van der Waals surface area contributed by atoms with E-state index in [9.17, 15) is 4.79 Å². The fraction of sp³-hybridized carbons (Fsp3) is 0.182. The molecular formula is C11H13Cl2N3O. The van der Waals surface area contributed by atoms with Crippen molar-refractivity contribution in [2.75, 3.05) is 6.54 Å². The molecule has 17 heavy (non-hydrogen) atoms. The van der Waals surface area contributed by atoms with Gasteiger partial charge in [-0.25, -0.2) is 4.79 Å². The van der Waals surface area contributed by atoms with Crippen LogP contribution in [0.3, 0.4) is 0 Å². The molecule has 6 heteroatoms. The van der Waals surface area contributed by atoms with E-state index in [1.165, 1.54) is 0 Å². The minimum absolute atomic E-state index is 0. The van der Waals surface area contributed by atoms with E-state index in [1.54, 1.807) is 4.90 Å². The van der Waals surface area contributed by atoms with Crippen molar-refractivity contribution in [3.63, 3.8) is 0 Å². The Bertz CT molecular complexity index is 454. The van der Waals surface area contributed by atoms with Crippen LogP contribution in [0.25, 0.3) is 0 Å². The first kappa shape index (κ1) is 13.7. The highest BCUT2D eigenvalue weighted by Gasteiger charge is 2.38. The number of hydrogen-bond acceptors (Lipinski definition) is 2. The molecule has 0 aromatic carbocycles. The lowest BCUT2D eigenvalue weighted by Gasteiger charge is -2.30. The van der Waals surface area contributed by atoms with Crippen LogP contribution in [0.2, 0.25) is 0 Å². The number of allylic oxidation sites excluding steroid dienone is 5. The molecule has 1 fully saturated rings. The van der Waals surface area contributed by atoms with Crippen molar-refractivity contribution in [3.05, 3.63) is 48.0 Å². The third-order valence-electron chi connectivity index (χ3n) is 2.88. The molecule has 1 unspecified atom stereocenters. The number of carbonyl (C=O) groups is 1. The highest BCUT2D eigenvalue weighted by Crippen LogP contribution is 2.34. The summed E-state index contributed by atoms with van der Waals surface area (Å²) in [5.41, 5.74) is 6.45. The Hall–Kier alpha value is -1.39. The van der Waals surface area contributed by atoms with Gasteiger partial charge in [-0.1, -0.05) is 18.2 Å². The van der Waals surface area contributed by atoms with Crippen LogP contribution in [0.4, 0.5) is 4.79 Å². The molecule has 92 valence electrons. The normalized spacial score (nSPS) is 23.2. The summed E-state index contributed by atoms with van der Waals surface area (Å²) in [5, 5.41) is 0. The molecule has 3 heterocycles. The number of halogens is 2. The SMILES string of the molecule is Cl.Cl.NC(=O)N1CC2C=CC=C3C=CC=C1N32. The predicted octanol–water partition coefficient (Wildman–Crippen LogP) is 1.76. The monoisotopic (exact) mass is 273 g/mol. The quantitative estimate of drug-likeness (QED) is 0.731. The second-order valence-corrected chi connectivity index (χ2v) is 3.75. The minimum atomic E-state index is -0.390. The molecule has 0 spiro atoms. The van der Waals surface area contributed by atoms with Crippen LogP contribution in [-0.4, -0.2) is 28.4 Å². The maximum Gasteiger partial charge on any atom is 0.320 e. The molecule has 3 rings (SSSR count). The van der Waals surface area contributed by atoms with Gasteiger partial charge in [-0.2, -0.15) is 0 Å². The summed E-state index contributed by atoms with van der Waals surface area (Å²) < 4.78 is 0. The van der Waals surface area contributed by atoms with Crippen molar-refractivity contribution in [1.29, 1.82) is 0 Å². The maximum absolute atomic E-state index is 11.3. The molecule has 4 nitrogen and oxygen atoms in total. The van der Waals surface area contributed by atoms with Crippen LogP contribution in [0, 0.1) is 0 Å². The summed E-state index contributed by atoms with van der Waals surface area (Å²) in [7, 11) is 0. The lowest BCUT2D eigenvalue weighted by molar-refractivity contribution is 0.224. The van der Waals surface area contributed by atoms with E-state index in [1.807, 2.05) is 30.4 Å². The first-order valence-corrected chi connectivity index (χ1v) is 4.90. The third kappa shape index (κ3) is 1.94. The Morgan fingerprint density at radius 3 is 2.76 bits per heavy atom. The molecule has 3 aliphatic heterocycles. The number of rotatable bonds is 0. The highest BCUT2D eigenvalue weighted by atomic mass is 35.5. The van der Waals surface area contributed by atoms with Crippen molar-refractivity contribution in [2.45, 2.75) is 6.04 Å². The zero-order valence-corrected chi connectivity index (χ0v) is 10.6. The third-order valence-corrected chi connectivity index (χ3v) is 2.88. The zero-order chi connectivity index (χ0) is 10.4. The molecule has 0 saturated carbocycles. The Balaban J connectivity index is 0.000000722. The fourth-order valence-corrected chi connectivity index (χ4v) is 2.24. The predicted molar refractivity (Wildman–Crippen MR) is 70.9 cm³/mol. The van der Waals surface area contributed by atoms with Gasteiger partial charge < -0.3 is 10.6 Å². The largest absolute Gasteiger partial charge is 0.351 e. The van der Waals surface area contributed by atoms with E-state index < -0.39 is 6.03 Å². The van der Waals surface area contributed by atoms with E-state index in [4.69, 9.17) is 5.73 Å². The van der Waals surface area contributed by atoms with E-state index in [2.05, 4.69) is 11.0 Å². The van der Waals surface area contributed by atoms with E-state index in [0.717, 1.165) is 11.5 Å². The van der Waals surface area contributed by atoms with Gasteiger partial charge in [0.05, 0.1) is 12.6 Å². The van der Waals surface area contributed by atoms with E-state index >= 15 is 0 Å². The van der Waals surface area contributed by atoms with Gasteiger partial charge in [0.15, 0.2) is 0 Å². The highest BCUT2D eigenvalue weighted by molar-refractivity contribution is 5.85. The van der Waals surface area contributed by atoms with Gasteiger partial charge in [0.25, 0.3) is 0 Å². The molecule has 2 amide bonds. The minimum Gasteiger partial charge on any atom is -0.351 e. The second-order valence-electron chi connectivity index (χ2n) is 3.75. The van der Waals surface area contributed by atoms with Gasteiger partial charge in [-0.3, -0.25) is 4.90 Å². The van der Waals surface area contributed by atoms with Crippen molar-refractivity contribution >= 4 is 30.8 Å². The van der Waals surface area contributed by atoms with Gasteiger partial charge in [0.2, 0.25) is 0 Å². The van der Waals surface area contributed by atoms with Gasteiger partial charge >= 0.3 is 6.03 Å². The molecule has 0 bridgehead atoms. The topological polar surface area (TPSA) is 49.6 Å². The first-order valence-electron chi connectivity index (χ1n) is 4.90. The summed E-state index contributed by atoms with van der Waals surface area (Å²) in [5.74, 6) is 0.880. The lowest BCUT2D eigenvalue weighted by Crippen LogP contribution is -2.33. The van der Waals surface area contributed by atoms with Gasteiger partial charge in [0.1, 0.15) is 5.82 Å². The maximum atomic E-state index is 11.3. The molecule has 0 aromatic heterocycles. The van der Waals surface area contributed by atoms with Crippen LogP contribution < -0.4 is 5.73 Å². The summed E-state index contributed by atoms with van der Waals surface area (Å²) in [4.78, 5) is 15.0. The molecule has 0 radical (unpaired) electrons. The molecule has 2 N–H and O–H groups in total. The Kier molecular flexibility index (Phi) is 3.91. The first-order chi connectivity index (χ1) is 7.27. The number of nitrogens with two attached hydrogens (primary N) is 1. The second kappa shape index (κ2) is 4.85. The molecule has 0 aromatic rings. The standard InChI is InChI=1S/C11H11N3O.2ClH/c12-11(15)13-7-9-5-1-3-8-4-2-6-10(13)14(8)9;;/h1-6,9H,7H2,(H2,12,15);2*1H. The molecule has 0 aliphatic carbocycles. The van der Waals surface area contributed by atoms with Crippen molar-refractivity contribution in [1.82, 2.24) is 9.80 Å². The van der Waals surface area contributed by atoms with Crippen molar-refractivity contribution in [3.8, 4) is 0 Å². The summed E-state index contributed by atoms with van der Waals surface area (Å²) in [6, 6.07) is -0.160. The van der Waals surface area contributed by atoms with Crippen molar-refractivity contribution < 1.29 is 4.79 Å². The average molecular weight is 274 g/mol. The van der Waals surface area contributed by atoms with Crippen LogP contribution >= 0.6 is 24.8 Å². The number of hydrogen-bond donors (Lipinski definition) is 1. The van der Waals surface area contributed by atoms with Crippen LogP contribution in [0.15, 0.2) is 48.0 Å². The van der Waals surface area contributed by atoms with Crippen LogP contribution in [0.1, 0.15) is 0 Å². The van der Waals surface area contributed by atoms with E-state index in [-0.39, 0.29) is 30.9 Å². The molecular weight excluding hydrogens is 261 g/mol.